The van der Waals surface area contributed by atoms with Gasteiger partial charge in [-0.3, -0.25) is 0 Å². The number of hydrogen-bond acceptors (Lipinski definition) is 2. The Morgan fingerprint density at radius 2 is 0.974 bits per heavy atom. The fourth-order valence-corrected chi connectivity index (χ4v) is 5.13. The Bertz CT molecular complexity index is 1710. The predicted octanol–water partition coefficient (Wildman–Crippen LogP) is 8.57. The van der Waals surface area contributed by atoms with E-state index < -0.39 is 0 Å². The summed E-state index contributed by atoms with van der Waals surface area (Å²) in [6.45, 7) is 0. The van der Waals surface area contributed by atoms with Crippen LogP contribution in [0.4, 0.5) is 8.78 Å². The molecule has 6 rings (SSSR count). The zero-order valence-electron chi connectivity index (χ0n) is 21.0. The minimum absolute atomic E-state index is 0.353. The fraction of sp³-hybridized carbons (Fsp3) is 0.0286. The first-order valence-electron chi connectivity index (χ1n) is 12.8. The summed E-state index contributed by atoms with van der Waals surface area (Å²) in [4.78, 5) is 0. The number of nitrogens with zero attached hydrogens (tertiary/aromatic N) is 2. The van der Waals surface area contributed by atoms with Gasteiger partial charge in [0.25, 0.3) is 0 Å². The van der Waals surface area contributed by atoms with E-state index in [1.54, 1.807) is 12.1 Å². The molecule has 1 atom stereocenters. The standard InChI is InChI=1S/C35H24F2N2/c36-29-20-10-18-27(22-29)34-32(25-14-6-2-7-15-25)31(24-12-4-1-5-13-24)33(26-16-8-3-9-17-26)35(39-38-34)28-19-11-21-30(37)23-28/h1-23,32H. The van der Waals surface area contributed by atoms with E-state index >= 15 is 0 Å². The van der Waals surface area contributed by atoms with Gasteiger partial charge in [-0.05, 0) is 46.5 Å². The van der Waals surface area contributed by atoms with Crippen LogP contribution in [-0.2, 0) is 0 Å². The molecule has 39 heavy (non-hydrogen) atoms. The highest BCUT2D eigenvalue weighted by atomic mass is 19.1. The van der Waals surface area contributed by atoms with E-state index in [0.29, 0.717) is 22.6 Å². The molecule has 0 fully saturated rings. The number of benzene rings is 5. The molecule has 4 heteroatoms. The Morgan fingerprint density at radius 1 is 0.462 bits per heavy atom. The molecule has 1 aliphatic rings. The van der Waals surface area contributed by atoms with E-state index in [-0.39, 0.29) is 17.6 Å². The van der Waals surface area contributed by atoms with Gasteiger partial charge in [-0.2, -0.15) is 5.10 Å². The van der Waals surface area contributed by atoms with Crippen LogP contribution in [-0.4, -0.2) is 11.4 Å². The number of rotatable bonds is 5. The van der Waals surface area contributed by atoms with Gasteiger partial charge in [0.15, 0.2) is 0 Å². The Kier molecular flexibility index (Phi) is 6.75. The maximum absolute atomic E-state index is 14.6. The van der Waals surface area contributed by atoms with E-state index in [0.717, 1.165) is 27.8 Å². The van der Waals surface area contributed by atoms with Crippen LogP contribution in [0, 0.1) is 11.6 Å². The molecule has 0 N–H and O–H groups in total. The summed E-state index contributed by atoms with van der Waals surface area (Å²) in [5.74, 6) is -1.10. The summed E-state index contributed by atoms with van der Waals surface area (Å²) in [6.07, 6.45) is 0. The molecule has 1 aliphatic heterocycles. The Balaban J connectivity index is 1.77. The molecule has 0 aromatic heterocycles. The third-order valence-corrected chi connectivity index (χ3v) is 6.82. The van der Waals surface area contributed by atoms with Crippen molar-refractivity contribution in [3.8, 4) is 0 Å². The van der Waals surface area contributed by atoms with Gasteiger partial charge in [-0.15, -0.1) is 5.10 Å². The van der Waals surface area contributed by atoms with Gasteiger partial charge >= 0.3 is 0 Å². The molecule has 5 aromatic rings. The maximum Gasteiger partial charge on any atom is 0.123 e. The van der Waals surface area contributed by atoms with Crippen molar-refractivity contribution in [2.45, 2.75) is 5.92 Å². The zero-order chi connectivity index (χ0) is 26.6. The smallest absolute Gasteiger partial charge is 0.123 e. The van der Waals surface area contributed by atoms with Crippen molar-refractivity contribution in [3.63, 3.8) is 0 Å². The second-order valence-corrected chi connectivity index (χ2v) is 9.32. The monoisotopic (exact) mass is 510 g/mol. The molecule has 0 saturated carbocycles. The van der Waals surface area contributed by atoms with Crippen molar-refractivity contribution >= 4 is 22.6 Å². The van der Waals surface area contributed by atoms with E-state index in [1.165, 1.54) is 24.3 Å². The second kappa shape index (κ2) is 10.8. The first kappa shape index (κ1) is 24.4. The van der Waals surface area contributed by atoms with Crippen molar-refractivity contribution in [1.82, 2.24) is 0 Å². The fourth-order valence-electron chi connectivity index (χ4n) is 5.13. The molecule has 188 valence electrons. The normalized spacial score (nSPS) is 15.4. The lowest BCUT2D eigenvalue weighted by atomic mass is 9.76. The van der Waals surface area contributed by atoms with Crippen molar-refractivity contribution in [3.05, 3.63) is 179 Å². The lowest BCUT2D eigenvalue weighted by Crippen LogP contribution is -2.18. The van der Waals surface area contributed by atoms with Gasteiger partial charge in [0.1, 0.15) is 17.3 Å². The SMILES string of the molecule is Fc1cccc(C2=NN=C(c3cccc(F)c3)C(c3ccccc3)C(c3ccccc3)=C2c2ccccc2)c1. The molecule has 1 unspecified atom stereocenters. The third kappa shape index (κ3) is 4.97. The highest BCUT2D eigenvalue weighted by Crippen LogP contribution is 2.43. The summed E-state index contributed by atoms with van der Waals surface area (Å²) in [7, 11) is 0. The van der Waals surface area contributed by atoms with Gasteiger partial charge in [0.05, 0.1) is 11.6 Å². The van der Waals surface area contributed by atoms with Crippen molar-refractivity contribution in [2.24, 2.45) is 10.2 Å². The summed E-state index contributed by atoms with van der Waals surface area (Å²) in [5.41, 5.74) is 7.09. The topological polar surface area (TPSA) is 24.7 Å². The third-order valence-electron chi connectivity index (χ3n) is 6.82. The van der Waals surface area contributed by atoms with E-state index in [4.69, 9.17) is 10.2 Å². The summed E-state index contributed by atoms with van der Waals surface area (Å²) in [6, 6.07) is 43.0. The first-order chi connectivity index (χ1) is 19.2. The minimum atomic E-state index is -0.389. The largest absolute Gasteiger partial charge is 0.207 e. The van der Waals surface area contributed by atoms with Crippen LogP contribution >= 0.6 is 0 Å². The van der Waals surface area contributed by atoms with Crippen molar-refractivity contribution in [2.75, 3.05) is 0 Å². The van der Waals surface area contributed by atoms with Crippen LogP contribution < -0.4 is 0 Å². The highest BCUT2D eigenvalue weighted by molar-refractivity contribution is 6.39. The molecular weight excluding hydrogens is 486 g/mol. The molecule has 1 heterocycles. The van der Waals surface area contributed by atoms with Crippen LogP contribution in [0.15, 0.2) is 150 Å². The van der Waals surface area contributed by atoms with Crippen molar-refractivity contribution < 1.29 is 8.78 Å². The van der Waals surface area contributed by atoms with Crippen LogP contribution in [0.5, 0.6) is 0 Å². The average Bonchev–Trinajstić information content (AvgIpc) is 3.16. The highest BCUT2D eigenvalue weighted by Gasteiger charge is 2.33. The molecular formula is C35H24F2N2. The van der Waals surface area contributed by atoms with Gasteiger partial charge in [-0.25, -0.2) is 8.78 Å². The quantitative estimate of drug-likeness (QED) is 0.226. The van der Waals surface area contributed by atoms with Crippen LogP contribution in [0.2, 0.25) is 0 Å². The summed E-state index contributed by atoms with van der Waals surface area (Å²) < 4.78 is 29.1. The molecule has 0 spiro atoms. The molecule has 5 aromatic carbocycles. The van der Waals surface area contributed by atoms with Gasteiger partial charge < -0.3 is 0 Å². The molecule has 0 radical (unpaired) electrons. The zero-order valence-corrected chi connectivity index (χ0v) is 21.0. The molecule has 0 bridgehead atoms. The van der Waals surface area contributed by atoms with Gasteiger partial charge in [-0.1, -0.05) is 115 Å². The predicted molar refractivity (Wildman–Crippen MR) is 155 cm³/mol. The molecule has 0 saturated heterocycles. The number of allylic oxidation sites excluding steroid dienone is 2. The molecule has 0 amide bonds. The second-order valence-electron chi connectivity index (χ2n) is 9.32. The Hall–Kier alpha value is -4.96. The van der Waals surface area contributed by atoms with E-state index in [1.807, 2.05) is 78.9 Å². The van der Waals surface area contributed by atoms with Crippen LogP contribution in [0.25, 0.3) is 11.1 Å². The van der Waals surface area contributed by atoms with Crippen molar-refractivity contribution in [1.29, 1.82) is 0 Å². The number of hydrogen-bond donors (Lipinski definition) is 0. The van der Waals surface area contributed by atoms with E-state index in [2.05, 4.69) is 24.3 Å². The average molecular weight is 511 g/mol. The Morgan fingerprint density at radius 3 is 1.59 bits per heavy atom. The first-order valence-corrected chi connectivity index (χ1v) is 12.8. The molecule has 2 nitrogen and oxygen atoms in total. The number of halogens is 2. The lowest BCUT2D eigenvalue weighted by molar-refractivity contribution is 0.627. The van der Waals surface area contributed by atoms with Crippen LogP contribution in [0.1, 0.15) is 33.7 Å². The van der Waals surface area contributed by atoms with Crippen LogP contribution in [0.3, 0.4) is 0 Å². The Labute approximate surface area is 226 Å². The minimum Gasteiger partial charge on any atom is -0.207 e. The summed E-state index contributed by atoms with van der Waals surface area (Å²) >= 11 is 0. The lowest BCUT2D eigenvalue weighted by Gasteiger charge is -2.25. The molecule has 0 aliphatic carbocycles. The maximum atomic E-state index is 14.6. The summed E-state index contributed by atoms with van der Waals surface area (Å²) in [5, 5.41) is 9.59. The van der Waals surface area contributed by atoms with Gasteiger partial charge in [0, 0.05) is 16.7 Å². The van der Waals surface area contributed by atoms with E-state index in [9.17, 15) is 8.78 Å². The van der Waals surface area contributed by atoms with Gasteiger partial charge in [0.2, 0.25) is 0 Å².